The summed E-state index contributed by atoms with van der Waals surface area (Å²) in [6.07, 6.45) is 3.06. The van der Waals surface area contributed by atoms with Gasteiger partial charge in [0.25, 0.3) is 5.91 Å². The van der Waals surface area contributed by atoms with Gasteiger partial charge >= 0.3 is 5.97 Å². The summed E-state index contributed by atoms with van der Waals surface area (Å²) in [6.45, 7) is 1.21. The first-order chi connectivity index (χ1) is 18.3. The van der Waals surface area contributed by atoms with Crippen LogP contribution in [0, 0.1) is 5.82 Å². The van der Waals surface area contributed by atoms with Crippen molar-refractivity contribution in [2.24, 2.45) is 0 Å². The van der Waals surface area contributed by atoms with Gasteiger partial charge < -0.3 is 24.4 Å². The van der Waals surface area contributed by atoms with E-state index in [-0.39, 0.29) is 34.1 Å². The van der Waals surface area contributed by atoms with E-state index in [0.29, 0.717) is 25.1 Å². The highest BCUT2D eigenvalue weighted by Gasteiger charge is 2.32. The van der Waals surface area contributed by atoms with E-state index in [4.69, 9.17) is 14.2 Å². The van der Waals surface area contributed by atoms with Crippen molar-refractivity contribution in [3.63, 3.8) is 0 Å². The van der Waals surface area contributed by atoms with Crippen LogP contribution in [0.4, 0.5) is 4.39 Å². The van der Waals surface area contributed by atoms with Gasteiger partial charge in [0.15, 0.2) is 17.3 Å². The molecule has 4 rings (SSSR count). The second-order valence-corrected chi connectivity index (χ2v) is 8.88. The highest BCUT2D eigenvalue weighted by atomic mass is 19.1. The van der Waals surface area contributed by atoms with Gasteiger partial charge in [-0.3, -0.25) is 14.6 Å². The summed E-state index contributed by atoms with van der Waals surface area (Å²) in [5.41, 5.74) is 0.579. The van der Waals surface area contributed by atoms with Gasteiger partial charge in [-0.25, -0.2) is 9.18 Å². The van der Waals surface area contributed by atoms with Crippen LogP contribution in [0.25, 0.3) is 0 Å². The minimum Gasteiger partial charge on any atom is -0.496 e. The van der Waals surface area contributed by atoms with Gasteiger partial charge in [-0.15, -0.1) is 0 Å². The maximum absolute atomic E-state index is 14.9. The lowest BCUT2D eigenvalue weighted by Gasteiger charge is -2.36. The van der Waals surface area contributed by atoms with Crippen molar-refractivity contribution in [1.82, 2.24) is 15.2 Å². The zero-order chi connectivity index (χ0) is 27.2. The van der Waals surface area contributed by atoms with E-state index in [1.165, 1.54) is 63.0 Å². The van der Waals surface area contributed by atoms with Gasteiger partial charge in [0.2, 0.25) is 0 Å². The molecule has 1 aliphatic rings. The number of benzene rings is 2. The van der Waals surface area contributed by atoms with Crippen molar-refractivity contribution in [3.05, 3.63) is 89.0 Å². The Morgan fingerprint density at radius 2 is 1.55 bits per heavy atom. The van der Waals surface area contributed by atoms with E-state index in [1.54, 1.807) is 12.1 Å². The maximum atomic E-state index is 14.9. The summed E-state index contributed by atoms with van der Waals surface area (Å²) in [5.74, 6) is -2.34. The summed E-state index contributed by atoms with van der Waals surface area (Å²) in [6, 6.07) is 11.4. The van der Waals surface area contributed by atoms with Crippen LogP contribution in [-0.2, 0) is 4.74 Å². The smallest absolute Gasteiger partial charge is 0.338 e. The Hall–Kier alpha value is -4.31. The molecule has 1 aromatic heterocycles. The van der Waals surface area contributed by atoms with Crippen LogP contribution >= 0.6 is 0 Å². The predicted molar refractivity (Wildman–Crippen MR) is 136 cm³/mol. The number of amides is 1. The molecule has 10 heteroatoms. The van der Waals surface area contributed by atoms with Crippen molar-refractivity contribution in [3.8, 4) is 11.5 Å². The monoisotopic (exact) mass is 521 g/mol. The maximum Gasteiger partial charge on any atom is 0.338 e. The number of likely N-dealkylation sites (tertiary alicyclic amines) is 1. The topological polar surface area (TPSA) is 107 Å². The third kappa shape index (κ3) is 5.81. The summed E-state index contributed by atoms with van der Waals surface area (Å²) in [5, 5.41) is 2.95. The van der Waals surface area contributed by atoms with Crippen LogP contribution in [0.1, 0.15) is 43.1 Å². The number of carbonyl (C=O) groups excluding carboxylic acids is 3. The lowest BCUT2D eigenvalue weighted by molar-refractivity contribution is 0.000419. The largest absolute Gasteiger partial charge is 0.496 e. The van der Waals surface area contributed by atoms with Crippen molar-refractivity contribution < 1.29 is 33.0 Å². The fourth-order valence-electron chi connectivity index (χ4n) is 4.31. The molecule has 198 valence electrons. The Morgan fingerprint density at radius 3 is 2.21 bits per heavy atom. The van der Waals surface area contributed by atoms with Crippen LogP contribution in [0.15, 0.2) is 60.9 Å². The van der Waals surface area contributed by atoms with E-state index in [9.17, 15) is 18.8 Å². The number of methoxy groups -OCH3 is 2. The quantitative estimate of drug-likeness (QED) is 0.356. The van der Waals surface area contributed by atoms with Crippen LogP contribution in [-0.4, -0.2) is 74.0 Å². The summed E-state index contributed by atoms with van der Waals surface area (Å²) >= 11 is 0. The standard InChI is InChI=1S/C28H28FN3O6/c1-32-15-12-21(20(16-32)31-27(34)18-10-13-30-14-11-18)38-28(35)19-6-4-17(5-7-19)26(33)24-22(36-2)8-9-23(37-3)25(24)29/h4-11,13-14,20-21H,12,15-16H2,1-3H3,(H,31,34)/t20-,21?/m1/s1. The molecule has 0 aliphatic carbocycles. The second-order valence-electron chi connectivity index (χ2n) is 8.88. The van der Waals surface area contributed by atoms with E-state index in [0.717, 1.165) is 0 Å². The average Bonchev–Trinajstić information content (AvgIpc) is 2.94. The summed E-state index contributed by atoms with van der Waals surface area (Å²) in [7, 11) is 4.57. The number of nitrogens with zero attached hydrogens (tertiary/aromatic N) is 2. The normalized spacial score (nSPS) is 17.4. The van der Waals surface area contributed by atoms with Crippen LogP contribution in [0.5, 0.6) is 11.5 Å². The third-order valence-corrected chi connectivity index (χ3v) is 6.39. The van der Waals surface area contributed by atoms with Crippen molar-refractivity contribution >= 4 is 17.7 Å². The van der Waals surface area contributed by atoms with E-state index < -0.39 is 29.7 Å². The zero-order valence-corrected chi connectivity index (χ0v) is 21.3. The van der Waals surface area contributed by atoms with Gasteiger partial charge in [0.05, 0.1) is 25.8 Å². The highest BCUT2D eigenvalue weighted by molar-refractivity contribution is 6.11. The third-order valence-electron chi connectivity index (χ3n) is 6.39. The first-order valence-electron chi connectivity index (χ1n) is 12.0. The molecular weight excluding hydrogens is 493 g/mol. The second kappa shape index (κ2) is 11.8. The van der Waals surface area contributed by atoms with Crippen molar-refractivity contribution in [2.45, 2.75) is 18.6 Å². The number of hydrogen-bond donors (Lipinski definition) is 1. The molecule has 1 aliphatic heterocycles. The number of esters is 1. The Labute approximate surface area is 219 Å². The van der Waals surface area contributed by atoms with E-state index in [2.05, 4.69) is 10.3 Å². The fourth-order valence-corrected chi connectivity index (χ4v) is 4.31. The minimum atomic E-state index is -0.831. The molecule has 38 heavy (non-hydrogen) atoms. The number of aromatic nitrogens is 1. The number of ketones is 1. The van der Waals surface area contributed by atoms with Crippen LogP contribution in [0.2, 0.25) is 0 Å². The van der Waals surface area contributed by atoms with Crippen molar-refractivity contribution in [2.75, 3.05) is 34.4 Å². The van der Waals surface area contributed by atoms with Crippen LogP contribution < -0.4 is 14.8 Å². The number of hydrogen-bond acceptors (Lipinski definition) is 8. The Morgan fingerprint density at radius 1 is 0.921 bits per heavy atom. The molecule has 1 fully saturated rings. The molecule has 1 unspecified atom stereocenters. The van der Waals surface area contributed by atoms with Crippen molar-refractivity contribution in [1.29, 1.82) is 0 Å². The molecule has 2 aromatic carbocycles. The molecule has 9 nitrogen and oxygen atoms in total. The lowest BCUT2D eigenvalue weighted by Crippen LogP contribution is -2.55. The number of carbonyl (C=O) groups is 3. The Bertz CT molecular complexity index is 1320. The van der Waals surface area contributed by atoms with Gasteiger partial charge in [-0.05, 0) is 49.9 Å². The molecular formula is C28H28FN3O6. The Balaban J connectivity index is 1.47. The number of ether oxygens (including phenoxy) is 3. The van der Waals surface area contributed by atoms with Gasteiger partial charge in [0, 0.05) is 36.6 Å². The predicted octanol–water partition coefficient (Wildman–Crippen LogP) is 3.13. The molecule has 1 saturated heterocycles. The molecule has 0 bridgehead atoms. The minimum absolute atomic E-state index is 0.0684. The summed E-state index contributed by atoms with van der Waals surface area (Å²) in [4.78, 5) is 44.7. The van der Waals surface area contributed by atoms with Crippen LogP contribution in [0.3, 0.4) is 0 Å². The molecule has 1 N–H and O–H groups in total. The van der Waals surface area contributed by atoms with E-state index in [1.807, 2.05) is 11.9 Å². The lowest BCUT2D eigenvalue weighted by atomic mass is 10.00. The molecule has 2 atom stereocenters. The van der Waals surface area contributed by atoms with E-state index >= 15 is 0 Å². The molecule has 0 radical (unpaired) electrons. The molecule has 3 aromatic rings. The fraction of sp³-hybridized carbons (Fsp3) is 0.286. The molecule has 1 amide bonds. The molecule has 0 saturated carbocycles. The molecule has 0 spiro atoms. The number of piperidine rings is 1. The highest BCUT2D eigenvalue weighted by Crippen LogP contribution is 2.31. The first-order valence-corrected chi connectivity index (χ1v) is 12.0. The number of likely N-dealkylation sites (N-methyl/N-ethyl adjacent to an activating group) is 1. The van der Waals surface area contributed by atoms with Gasteiger partial charge in [-0.1, -0.05) is 12.1 Å². The number of halogens is 1. The zero-order valence-electron chi connectivity index (χ0n) is 21.3. The Kier molecular flexibility index (Phi) is 8.32. The number of pyridine rings is 1. The van der Waals surface area contributed by atoms with Gasteiger partial charge in [0.1, 0.15) is 17.4 Å². The number of rotatable bonds is 8. The first kappa shape index (κ1) is 26.7. The SMILES string of the molecule is COc1ccc(OC)c(C(=O)c2ccc(C(=O)OC3CCN(C)C[C@H]3NC(=O)c3ccncc3)cc2)c1F. The molecule has 2 heterocycles. The van der Waals surface area contributed by atoms with Gasteiger partial charge in [-0.2, -0.15) is 0 Å². The number of nitrogens with one attached hydrogen (secondary N) is 1. The summed E-state index contributed by atoms with van der Waals surface area (Å²) < 4.78 is 30.8. The average molecular weight is 522 g/mol.